The van der Waals surface area contributed by atoms with Gasteiger partial charge in [0.15, 0.2) is 0 Å². The highest BCUT2D eigenvalue weighted by atomic mass is 127. The number of pyridine rings is 1. The summed E-state index contributed by atoms with van der Waals surface area (Å²) in [4.78, 5) is 3.19. The molecule has 16 heavy (non-hydrogen) atoms. The fraction of sp³-hybridized carbons (Fsp3) is 0.375. The third-order valence-electron chi connectivity index (χ3n) is 1.72. The Labute approximate surface area is 110 Å². The van der Waals surface area contributed by atoms with Gasteiger partial charge in [-0.05, 0) is 28.7 Å². The maximum Gasteiger partial charge on any atom is 0.433 e. The number of alkyl halides is 6. The van der Waals surface area contributed by atoms with E-state index in [9.17, 15) is 22.0 Å². The fourth-order valence-electron chi connectivity index (χ4n) is 1.05. The van der Waals surface area contributed by atoms with E-state index in [1.165, 1.54) is 22.6 Å². The van der Waals surface area contributed by atoms with Gasteiger partial charge in [-0.1, -0.05) is 15.9 Å². The van der Waals surface area contributed by atoms with Crippen LogP contribution in [0.1, 0.15) is 23.4 Å². The van der Waals surface area contributed by atoms with E-state index in [-0.39, 0.29) is 14.6 Å². The molecule has 1 rings (SSSR count). The SMILES string of the molecule is FC(F)c1c(I)cc(C(F)(F)F)nc1CBr. The van der Waals surface area contributed by atoms with E-state index < -0.39 is 23.9 Å². The van der Waals surface area contributed by atoms with Crippen LogP contribution in [0.2, 0.25) is 0 Å². The van der Waals surface area contributed by atoms with Crippen LogP contribution < -0.4 is 0 Å². The Balaban J connectivity index is 3.38. The van der Waals surface area contributed by atoms with Crippen molar-refractivity contribution in [3.63, 3.8) is 0 Å². The van der Waals surface area contributed by atoms with Crippen LogP contribution in [-0.4, -0.2) is 4.98 Å². The predicted molar refractivity (Wildman–Crippen MR) is 59.5 cm³/mol. The Morgan fingerprint density at radius 1 is 1.38 bits per heavy atom. The van der Waals surface area contributed by atoms with Gasteiger partial charge in [-0.25, -0.2) is 13.8 Å². The minimum atomic E-state index is -4.63. The van der Waals surface area contributed by atoms with Gasteiger partial charge in [-0.3, -0.25) is 0 Å². The lowest BCUT2D eigenvalue weighted by Gasteiger charge is -2.12. The van der Waals surface area contributed by atoms with E-state index >= 15 is 0 Å². The summed E-state index contributed by atoms with van der Waals surface area (Å²) in [6.45, 7) is 0. The van der Waals surface area contributed by atoms with Crippen molar-refractivity contribution in [3.05, 3.63) is 26.6 Å². The minimum absolute atomic E-state index is 0.135. The van der Waals surface area contributed by atoms with Gasteiger partial charge >= 0.3 is 6.18 Å². The van der Waals surface area contributed by atoms with Crippen LogP contribution in [0.3, 0.4) is 0 Å². The van der Waals surface area contributed by atoms with Gasteiger partial charge in [0.1, 0.15) is 5.69 Å². The summed E-state index contributed by atoms with van der Waals surface area (Å²) in [5.74, 6) is 0. The number of nitrogens with zero attached hydrogens (tertiary/aromatic N) is 1. The van der Waals surface area contributed by atoms with Crippen molar-refractivity contribution in [1.82, 2.24) is 4.98 Å². The van der Waals surface area contributed by atoms with Gasteiger partial charge in [0, 0.05) is 8.90 Å². The zero-order chi connectivity index (χ0) is 12.5. The molecule has 0 bridgehead atoms. The molecule has 1 aromatic heterocycles. The van der Waals surface area contributed by atoms with E-state index in [1.54, 1.807) is 0 Å². The summed E-state index contributed by atoms with van der Waals surface area (Å²) in [5.41, 5.74) is -1.89. The topological polar surface area (TPSA) is 12.9 Å². The van der Waals surface area contributed by atoms with E-state index in [1.807, 2.05) is 0 Å². The lowest BCUT2D eigenvalue weighted by molar-refractivity contribution is -0.141. The molecule has 0 fully saturated rings. The average molecular weight is 416 g/mol. The maximum atomic E-state index is 12.6. The van der Waals surface area contributed by atoms with Crippen molar-refractivity contribution in [3.8, 4) is 0 Å². The van der Waals surface area contributed by atoms with Crippen molar-refractivity contribution in [2.24, 2.45) is 0 Å². The highest BCUT2D eigenvalue weighted by Gasteiger charge is 2.34. The first kappa shape index (κ1) is 14.1. The first-order valence-corrected chi connectivity index (χ1v) is 6.08. The molecule has 8 heteroatoms. The predicted octanol–water partition coefficient (Wildman–Crippen LogP) is 4.54. The lowest BCUT2D eigenvalue weighted by atomic mass is 10.2. The summed E-state index contributed by atoms with van der Waals surface area (Å²) in [5, 5.41) is -0.146. The maximum absolute atomic E-state index is 12.6. The van der Waals surface area contributed by atoms with Crippen LogP contribution in [0.25, 0.3) is 0 Å². The monoisotopic (exact) mass is 415 g/mol. The van der Waals surface area contributed by atoms with E-state index in [0.717, 1.165) is 0 Å². The van der Waals surface area contributed by atoms with Gasteiger partial charge < -0.3 is 0 Å². The van der Waals surface area contributed by atoms with Gasteiger partial charge in [0.2, 0.25) is 0 Å². The van der Waals surface area contributed by atoms with Gasteiger partial charge in [0.05, 0.1) is 11.3 Å². The van der Waals surface area contributed by atoms with Crippen LogP contribution in [0.5, 0.6) is 0 Å². The summed E-state index contributed by atoms with van der Waals surface area (Å²) < 4.78 is 62.0. The third kappa shape index (κ3) is 3.02. The third-order valence-corrected chi connectivity index (χ3v) is 3.15. The smallest absolute Gasteiger partial charge is 0.247 e. The molecular weight excluding hydrogens is 412 g/mol. The molecule has 0 saturated carbocycles. The Hall–Kier alpha value is 0.01000. The largest absolute Gasteiger partial charge is 0.433 e. The molecule has 0 amide bonds. The molecule has 1 aromatic rings. The summed E-state index contributed by atoms with van der Waals surface area (Å²) in [7, 11) is 0. The summed E-state index contributed by atoms with van der Waals surface area (Å²) in [6, 6.07) is 0.619. The van der Waals surface area contributed by atoms with Gasteiger partial charge in [-0.15, -0.1) is 0 Å². The zero-order valence-corrected chi connectivity index (χ0v) is 11.2. The van der Waals surface area contributed by atoms with E-state index in [4.69, 9.17) is 0 Å². The molecule has 1 heterocycles. The van der Waals surface area contributed by atoms with Crippen molar-refractivity contribution in [2.45, 2.75) is 17.9 Å². The second-order valence-electron chi connectivity index (χ2n) is 2.78. The van der Waals surface area contributed by atoms with Gasteiger partial charge in [0.25, 0.3) is 6.43 Å². The van der Waals surface area contributed by atoms with Crippen LogP contribution in [0.15, 0.2) is 6.07 Å². The standard InChI is InChI=1S/C8H4BrF5IN/c9-2-4-6(7(10)11)3(15)1-5(16-4)8(12,13)14/h1,7H,2H2. The summed E-state index contributed by atoms with van der Waals surface area (Å²) in [6.07, 6.45) is -7.47. The molecule has 0 aliphatic heterocycles. The minimum Gasteiger partial charge on any atom is -0.247 e. The highest BCUT2D eigenvalue weighted by Crippen LogP contribution is 2.34. The van der Waals surface area contributed by atoms with Crippen LogP contribution in [0, 0.1) is 3.57 Å². The molecule has 0 saturated heterocycles. The molecule has 0 aliphatic rings. The van der Waals surface area contributed by atoms with Crippen molar-refractivity contribution < 1.29 is 22.0 Å². The van der Waals surface area contributed by atoms with E-state index in [0.29, 0.717) is 6.07 Å². The van der Waals surface area contributed by atoms with Gasteiger partial charge in [-0.2, -0.15) is 13.2 Å². The van der Waals surface area contributed by atoms with E-state index in [2.05, 4.69) is 20.9 Å². The quantitative estimate of drug-likeness (QED) is 0.392. The number of hydrogen-bond acceptors (Lipinski definition) is 1. The Kier molecular flexibility index (Phi) is 4.49. The molecule has 0 aliphatic carbocycles. The molecule has 0 spiro atoms. The Morgan fingerprint density at radius 2 is 1.94 bits per heavy atom. The molecular formula is C8H4BrF5IN. The molecule has 0 radical (unpaired) electrons. The van der Waals surface area contributed by atoms with Crippen molar-refractivity contribution >= 4 is 38.5 Å². The molecule has 0 aromatic carbocycles. The number of aromatic nitrogens is 1. The second kappa shape index (κ2) is 5.11. The number of hydrogen-bond donors (Lipinski definition) is 0. The van der Waals surface area contributed by atoms with Crippen molar-refractivity contribution in [2.75, 3.05) is 0 Å². The average Bonchev–Trinajstić information content (AvgIpc) is 2.14. The zero-order valence-electron chi connectivity index (χ0n) is 7.45. The summed E-state index contributed by atoms with van der Waals surface area (Å²) >= 11 is 4.29. The Bertz CT molecular complexity index is 393. The normalized spacial score (nSPS) is 12.2. The Morgan fingerprint density at radius 3 is 2.31 bits per heavy atom. The first-order valence-electron chi connectivity index (χ1n) is 3.88. The highest BCUT2D eigenvalue weighted by molar-refractivity contribution is 14.1. The van der Waals surface area contributed by atoms with Crippen LogP contribution in [0.4, 0.5) is 22.0 Å². The van der Waals surface area contributed by atoms with Crippen LogP contribution >= 0.6 is 38.5 Å². The fourth-order valence-corrected chi connectivity index (χ4v) is 2.32. The lowest BCUT2D eigenvalue weighted by Crippen LogP contribution is -2.12. The molecule has 1 nitrogen and oxygen atoms in total. The molecule has 0 atom stereocenters. The molecule has 90 valence electrons. The second-order valence-corrected chi connectivity index (χ2v) is 4.50. The van der Waals surface area contributed by atoms with Crippen molar-refractivity contribution in [1.29, 1.82) is 0 Å². The number of rotatable bonds is 2. The molecule has 0 unspecified atom stereocenters. The van der Waals surface area contributed by atoms with Crippen LogP contribution in [-0.2, 0) is 11.5 Å². The first-order chi connectivity index (χ1) is 7.27. The molecule has 0 N–H and O–H groups in total. The number of halogens is 7.